The highest BCUT2D eigenvalue weighted by Gasteiger charge is 2.48. The molecular weight excluding hydrogens is 462 g/mol. The fraction of sp³-hybridized carbons (Fsp3) is 0.0741. The van der Waals surface area contributed by atoms with Crippen LogP contribution >= 0.6 is 0 Å². The topological polar surface area (TPSA) is 92.9 Å². The van der Waals surface area contributed by atoms with Crippen LogP contribution < -0.4 is 4.90 Å². The molecule has 35 heavy (non-hydrogen) atoms. The number of nitro benzene ring substituents is 1. The molecule has 1 aliphatic heterocycles. The lowest BCUT2D eigenvalue weighted by molar-refractivity contribution is -0.384. The van der Waals surface area contributed by atoms with Gasteiger partial charge in [0.1, 0.15) is 5.84 Å². The number of para-hydroxylation sites is 1. The molecule has 0 radical (unpaired) electrons. The minimum atomic E-state index is -4.13. The predicted molar refractivity (Wildman–Crippen MR) is 135 cm³/mol. The van der Waals surface area contributed by atoms with Crippen molar-refractivity contribution in [1.82, 2.24) is 0 Å². The Kier molecular flexibility index (Phi) is 5.88. The zero-order valence-electron chi connectivity index (χ0n) is 18.5. The van der Waals surface area contributed by atoms with Crippen LogP contribution in [0.1, 0.15) is 23.1 Å². The molecule has 4 aromatic rings. The van der Waals surface area contributed by atoms with Crippen LogP contribution in [0.4, 0.5) is 11.4 Å². The Morgan fingerprint density at radius 3 is 1.77 bits per heavy atom. The number of rotatable bonds is 6. The van der Waals surface area contributed by atoms with Crippen molar-refractivity contribution in [3.05, 3.63) is 137 Å². The fourth-order valence-corrected chi connectivity index (χ4v) is 5.42. The summed E-state index contributed by atoms with van der Waals surface area (Å²) in [7, 11) is -4.13. The van der Waals surface area contributed by atoms with Crippen molar-refractivity contribution in [3.63, 3.8) is 0 Å². The first-order valence-corrected chi connectivity index (χ1v) is 12.4. The molecule has 0 amide bonds. The van der Waals surface area contributed by atoms with Crippen molar-refractivity contribution in [3.8, 4) is 0 Å². The summed E-state index contributed by atoms with van der Waals surface area (Å²) in [6, 6.07) is 33.8. The van der Waals surface area contributed by atoms with Gasteiger partial charge in [0.2, 0.25) is 0 Å². The van der Waals surface area contributed by atoms with E-state index in [1.807, 2.05) is 95.9 Å². The average molecular weight is 484 g/mol. The highest BCUT2D eigenvalue weighted by atomic mass is 32.2. The third kappa shape index (κ3) is 4.31. The first-order valence-electron chi connectivity index (χ1n) is 11.0. The molecule has 174 valence electrons. The molecule has 0 aromatic heterocycles. The molecule has 1 fully saturated rings. The Balaban J connectivity index is 1.66. The molecule has 7 nitrogen and oxygen atoms in total. The lowest BCUT2D eigenvalue weighted by Gasteiger charge is -2.50. The van der Waals surface area contributed by atoms with Gasteiger partial charge >= 0.3 is 0 Å². The van der Waals surface area contributed by atoms with Crippen molar-refractivity contribution < 1.29 is 13.3 Å². The maximum atomic E-state index is 13.3. The number of anilines is 1. The van der Waals surface area contributed by atoms with E-state index in [2.05, 4.69) is 4.40 Å². The van der Waals surface area contributed by atoms with E-state index >= 15 is 0 Å². The van der Waals surface area contributed by atoms with E-state index in [1.165, 1.54) is 24.3 Å². The summed E-state index contributed by atoms with van der Waals surface area (Å²) in [5.74, 6) is 0.0984. The van der Waals surface area contributed by atoms with Gasteiger partial charge in [-0.25, -0.2) is 0 Å². The average Bonchev–Trinajstić information content (AvgIpc) is 2.88. The molecule has 1 heterocycles. The third-order valence-corrected chi connectivity index (χ3v) is 7.31. The lowest BCUT2D eigenvalue weighted by atomic mass is 9.77. The summed E-state index contributed by atoms with van der Waals surface area (Å²) >= 11 is 0. The van der Waals surface area contributed by atoms with Gasteiger partial charge in [0, 0.05) is 17.8 Å². The summed E-state index contributed by atoms with van der Waals surface area (Å²) in [5.41, 5.74) is 2.63. The Morgan fingerprint density at radius 2 is 1.23 bits per heavy atom. The SMILES string of the molecule is O=[N+]([O-])c1ccc(S(=O)(=O)/N=C2/[C@H](c3ccccc3)[C@@H](c3ccccc3)N2c2ccccc2)cc1. The van der Waals surface area contributed by atoms with Gasteiger partial charge in [-0.3, -0.25) is 10.1 Å². The standard InChI is InChI=1S/C27H21N3O4S/c31-30(32)23-16-18-24(19-17-23)35(33,34)28-27-25(20-10-4-1-5-11-20)26(21-12-6-2-7-13-21)29(27)22-14-8-3-9-15-22/h1-19,25-26H/b28-27-/t25-,26-/m1/s1. The smallest absolute Gasteiger partial charge is 0.283 e. The second kappa shape index (κ2) is 9.15. The minimum Gasteiger partial charge on any atom is -0.320 e. The number of benzene rings is 4. The minimum absolute atomic E-state index is 0.0985. The summed E-state index contributed by atoms with van der Waals surface area (Å²) in [6.45, 7) is 0. The van der Waals surface area contributed by atoms with Gasteiger partial charge < -0.3 is 4.90 Å². The molecule has 5 rings (SSSR count). The summed E-state index contributed by atoms with van der Waals surface area (Å²) < 4.78 is 31.0. The largest absolute Gasteiger partial charge is 0.320 e. The van der Waals surface area contributed by atoms with Crippen LogP contribution in [-0.4, -0.2) is 19.2 Å². The van der Waals surface area contributed by atoms with Crippen LogP contribution in [-0.2, 0) is 10.0 Å². The van der Waals surface area contributed by atoms with Gasteiger partial charge in [-0.2, -0.15) is 8.42 Å². The fourth-order valence-electron chi connectivity index (χ4n) is 4.38. The van der Waals surface area contributed by atoms with Crippen molar-refractivity contribution in [2.75, 3.05) is 4.90 Å². The monoisotopic (exact) mass is 483 g/mol. The van der Waals surface area contributed by atoms with Crippen molar-refractivity contribution >= 4 is 27.2 Å². The van der Waals surface area contributed by atoms with Crippen molar-refractivity contribution in [1.29, 1.82) is 0 Å². The Bertz CT molecular complexity index is 1420. The molecular formula is C27H21N3O4S. The number of hydrogen-bond acceptors (Lipinski definition) is 4. The van der Waals surface area contributed by atoms with Gasteiger partial charge in [0.15, 0.2) is 0 Å². The first-order chi connectivity index (χ1) is 17.0. The van der Waals surface area contributed by atoms with Gasteiger partial charge in [0.25, 0.3) is 15.7 Å². The second-order valence-corrected chi connectivity index (χ2v) is 9.73. The molecule has 0 unspecified atom stereocenters. The number of nitrogens with zero attached hydrogens (tertiary/aromatic N) is 3. The van der Waals surface area contributed by atoms with Crippen LogP contribution in [0.25, 0.3) is 0 Å². The number of nitro groups is 1. The third-order valence-electron chi connectivity index (χ3n) is 6.01. The lowest BCUT2D eigenvalue weighted by Crippen LogP contribution is -2.54. The zero-order valence-corrected chi connectivity index (χ0v) is 19.3. The molecule has 0 N–H and O–H groups in total. The molecule has 8 heteroatoms. The Morgan fingerprint density at radius 1 is 0.714 bits per heavy atom. The molecule has 1 aliphatic rings. The Labute approximate surface area is 203 Å². The highest BCUT2D eigenvalue weighted by Crippen LogP contribution is 2.50. The predicted octanol–water partition coefficient (Wildman–Crippen LogP) is 5.73. The summed E-state index contributed by atoms with van der Waals surface area (Å²) in [5, 5.41) is 11.0. The number of sulfonamides is 1. The van der Waals surface area contributed by atoms with E-state index in [-0.39, 0.29) is 22.5 Å². The maximum Gasteiger partial charge on any atom is 0.283 e. The van der Waals surface area contributed by atoms with Crippen LogP contribution in [0.5, 0.6) is 0 Å². The zero-order chi connectivity index (χ0) is 24.4. The van der Waals surface area contributed by atoms with Gasteiger partial charge in [-0.15, -0.1) is 4.40 Å². The normalized spacial score (nSPS) is 18.7. The van der Waals surface area contributed by atoms with Crippen LogP contribution in [0, 0.1) is 10.1 Å². The van der Waals surface area contributed by atoms with E-state index in [0.717, 1.165) is 16.8 Å². The molecule has 0 saturated carbocycles. The number of non-ortho nitro benzene ring substituents is 1. The van der Waals surface area contributed by atoms with E-state index < -0.39 is 14.9 Å². The molecule has 0 spiro atoms. The summed E-state index contributed by atoms with van der Waals surface area (Å²) in [4.78, 5) is 12.3. The highest BCUT2D eigenvalue weighted by molar-refractivity contribution is 7.90. The van der Waals surface area contributed by atoms with Crippen LogP contribution in [0.2, 0.25) is 0 Å². The van der Waals surface area contributed by atoms with E-state index in [0.29, 0.717) is 5.84 Å². The second-order valence-electron chi connectivity index (χ2n) is 8.12. The van der Waals surface area contributed by atoms with Gasteiger partial charge in [-0.05, 0) is 35.4 Å². The van der Waals surface area contributed by atoms with E-state index in [1.54, 1.807) is 0 Å². The molecule has 4 aromatic carbocycles. The number of hydrogen-bond donors (Lipinski definition) is 0. The van der Waals surface area contributed by atoms with Gasteiger partial charge in [0.05, 0.1) is 21.8 Å². The molecule has 0 bridgehead atoms. The van der Waals surface area contributed by atoms with Gasteiger partial charge in [-0.1, -0.05) is 78.9 Å². The Hall–Kier alpha value is -4.30. The van der Waals surface area contributed by atoms with E-state index in [9.17, 15) is 18.5 Å². The number of amidine groups is 1. The molecule has 0 aliphatic carbocycles. The maximum absolute atomic E-state index is 13.3. The van der Waals surface area contributed by atoms with E-state index in [4.69, 9.17) is 0 Å². The van der Waals surface area contributed by atoms with Crippen LogP contribution in [0.3, 0.4) is 0 Å². The molecule has 1 saturated heterocycles. The molecule has 2 atom stereocenters. The summed E-state index contributed by atoms with van der Waals surface area (Å²) in [6.07, 6.45) is 0. The van der Waals surface area contributed by atoms with Crippen LogP contribution in [0.15, 0.2) is 125 Å². The van der Waals surface area contributed by atoms with Crippen molar-refractivity contribution in [2.45, 2.75) is 16.9 Å². The quantitative estimate of drug-likeness (QED) is 0.258. The first kappa shape index (κ1) is 22.5. The van der Waals surface area contributed by atoms with Crippen molar-refractivity contribution in [2.24, 2.45) is 4.40 Å².